The van der Waals surface area contributed by atoms with Gasteiger partial charge >= 0.3 is 0 Å². The lowest BCUT2D eigenvalue weighted by Crippen LogP contribution is -1.61. The maximum absolute atomic E-state index is 5.19. The lowest BCUT2D eigenvalue weighted by Gasteiger charge is -1.73. The van der Waals surface area contributed by atoms with Crippen molar-refractivity contribution in [3.63, 3.8) is 0 Å². The van der Waals surface area contributed by atoms with Gasteiger partial charge in [0.1, 0.15) is 0 Å². The highest BCUT2D eigenvalue weighted by Crippen LogP contribution is 1.99. The molecule has 0 N–H and O–H groups in total. The first-order chi connectivity index (χ1) is 1.73. The Balaban J connectivity index is 2.32. The molecule has 0 heterocycles. The van der Waals surface area contributed by atoms with Gasteiger partial charge in [-0.3, -0.25) is 0 Å². The summed E-state index contributed by atoms with van der Waals surface area (Å²) < 4.78 is 0.118. The summed E-state index contributed by atoms with van der Waals surface area (Å²) in [4.78, 5) is 0. The van der Waals surface area contributed by atoms with Gasteiger partial charge in [0.15, 0.2) is 0 Å². The molecule has 0 aromatic heterocycles. The molecule has 2 heteroatoms. The van der Waals surface area contributed by atoms with Crippen molar-refractivity contribution in [3.05, 3.63) is 0 Å². The van der Waals surface area contributed by atoms with Crippen molar-refractivity contribution >= 4 is 27.5 Å². The zero-order valence-electron chi connectivity index (χ0n) is 2.33. The molecule has 0 bridgehead atoms. The number of halogens is 2. The van der Waals surface area contributed by atoms with Gasteiger partial charge < -0.3 is 0 Å². The van der Waals surface area contributed by atoms with E-state index in [1.807, 2.05) is 6.92 Å². The van der Waals surface area contributed by atoms with Gasteiger partial charge in [0.05, 0.1) is 4.29 Å². The van der Waals surface area contributed by atoms with Crippen molar-refractivity contribution < 1.29 is 0 Å². The minimum Gasteiger partial charge on any atom is -0.111 e. The molecule has 0 aliphatic heterocycles. The van der Waals surface area contributed by atoms with E-state index in [0.717, 1.165) is 0 Å². The van der Waals surface area contributed by atoms with E-state index >= 15 is 0 Å². The average molecular weight is 143 g/mol. The van der Waals surface area contributed by atoms with Crippen molar-refractivity contribution in [2.75, 3.05) is 0 Å². The molecule has 26 valence electrons. The van der Waals surface area contributed by atoms with Crippen molar-refractivity contribution in [1.29, 1.82) is 0 Å². The Kier molecular flexibility index (Phi) is 2.43. The van der Waals surface area contributed by atoms with E-state index in [2.05, 4.69) is 15.9 Å². The topological polar surface area (TPSA) is 0 Å². The Morgan fingerprint density at radius 3 is 2.00 bits per heavy atom. The molecule has 1 atom stereocenters. The van der Waals surface area contributed by atoms with Crippen LogP contribution in [0.1, 0.15) is 6.92 Å². The summed E-state index contributed by atoms with van der Waals surface area (Å²) in [6.45, 7) is 1.85. The monoisotopic (exact) mass is 142 g/mol. The smallest absolute Gasteiger partial charge is 0.0858 e. The standard InChI is InChI=1S/C2H4BrCl/c1-2(3)4/h2H,1H3/t2-/m1/s1. The summed E-state index contributed by atoms with van der Waals surface area (Å²) >= 11 is 8.23. The van der Waals surface area contributed by atoms with Gasteiger partial charge in [0, 0.05) is 0 Å². The fourth-order valence-electron chi connectivity index (χ4n) is 0. The van der Waals surface area contributed by atoms with Gasteiger partial charge in [-0.1, -0.05) is 15.9 Å². The summed E-state index contributed by atoms with van der Waals surface area (Å²) in [5.74, 6) is 0. The summed E-state index contributed by atoms with van der Waals surface area (Å²) in [7, 11) is 0. The first-order valence-corrected chi connectivity index (χ1v) is 2.37. The molecule has 0 aliphatic rings. The van der Waals surface area contributed by atoms with Crippen LogP contribution in [0.4, 0.5) is 0 Å². The molecule has 0 radical (unpaired) electrons. The average Bonchev–Trinajstić information content (AvgIpc) is 0.811. The van der Waals surface area contributed by atoms with E-state index in [1.54, 1.807) is 0 Å². The summed E-state index contributed by atoms with van der Waals surface area (Å²) in [5.41, 5.74) is 0. The molecule has 0 unspecified atom stereocenters. The Labute approximate surface area is 39.3 Å². The molecule has 0 aliphatic carbocycles. The van der Waals surface area contributed by atoms with Crippen LogP contribution in [0.5, 0.6) is 0 Å². The lowest BCUT2D eigenvalue weighted by molar-refractivity contribution is 1.44. The Morgan fingerprint density at radius 1 is 2.00 bits per heavy atom. The van der Waals surface area contributed by atoms with Crippen molar-refractivity contribution in [2.24, 2.45) is 0 Å². The summed E-state index contributed by atoms with van der Waals surface area (Å²) in [6.07, 6.45) is 0. The molecule has 0 fully saturated rings. The fourth-order valence-corrected chi connectivity index (χ4v) is 0. The second kappa shape index (κ2) is 2.04. The van der Waals surface area contributed by atoms with Gasteiger partial charge in [0.2, 0.25) is 0 Å². The van der Waals surface area contributed by atoms with Crippen LogP contribution >= 0.6 is 27.5 Å². The Bertz CT molecular complexity index is 10.8. The van der Waals surface area contributed by atoms with Gasteiger partial charge in [0.25, 0.3) is 0 Å². The molecular weight excluding hydrogens is 139 g/mol. The molecular formula is C2H4BrCl. The number of hydrogen-bond acceptors (Lipinski definition) is 0. The number of hydrogen-bond donors (Lipinski definition) is 0. The van der Waals surface area contributed by atoms with E-state index < -0.39 is 0 Å². The van der Waals surface area contributed by atoms with Gasteiger partial charge in [-0.25, -0.2) is 0 Å². The highest BCUT2D eigenvalue weighted by molar-refractivity contribution is 9.10. The van der Waals surface area contributed by atoms with Crippen LogP contribution in [0, 0.1) is 0 Å². The quantitative estimate of drug-likeness (QED) is 0.455. The van der Waals surface area contributed by atoms with Crippen molar-refractivity contribution in [1.82, 2.24) is 0 Å². The Morgan fingerprint density at radius 2 is 2.00 bits per heavy atom. The van der Waals surface area contributed by atoms with Crippen LogP contribution in [0.3, 0.4) is 0 Å². The van der Waals surface area contributed by atoms with Crippen LogP contribution in [0.2, 0.25) is 0 Å². The third kappa shape index (κ3) is 14.6. The summed E-state index contributed by atoms with van der Waals surface area (Å²) in [6, 6.07) is 0. The molecule has 0 spiro atoms. The third-order valence-corrected chi connectivity index (χ3v) is 0. The molecule has 0 saturated heterocycles. The predicted octanol–water partition coefficient (Wildman–Crippen LogP) is 1.97. The fraction of sp³-hybridized carbons (Fsp3) is 1.00. The van der Waals surface area contributed by atoms with Crippen LogP contribution in [-0.2, 0) is 0 Å². The van der Waals surface area contributed by atoms with Crippen molar-refractivity contribution in [3.8, 4) is 0 Å². The normalized spacial score (nSPS) is 15.8. The van der Waals surface area contributed by atoms with Gasteiger partial charge in [-0.15, -0.1) is 11.6 Å². The maximum Gasteiger partial charge on any atom is 0.0858 e. The van der Waals surface area contributed by atoms with Gasteiger partial charge in [-0.05, 0) is 6.92 Å². The van der Waals surface area contributed by atoms with E-state index in [4.69, 9.17) is 11.6 Å². The third-order valence-electron chi connectivity index (χ3n) is 0. The number of alkyl halides is 2. The zero-order chi connectivity index (χ0) is 3.58. The molecule has 0 aromatic rings. The minimum absolute atomic E-state index is 0.118. The SMILES string of the molecule is C[C@@H](Cl)Br. The van der Waals surface area contributed by atoms with Gasteiger partial charge in [-0.2, -0.15) is 0 Å². The molecule has 4 heavy (non-hydrogen) atoms. The largest absolute Gasteiger partial charge is 0.111 e. The molecule has 0 saturated carbocycles. The summed E-state index contributed by atoms with van der Waals surface area (Å²) in [5, 5.41) is 0. The van der Waals surface area contributed by atoms with Crippen molar-refractivity contribution in [2.45, 2.75) is 11.2 Å². The second-order valence-corrected chi connectivity index (χ2v) is 3.07. The van der Waals surface area contributed by atoms with Crippen LogP contribution < -0.4 is 0 Å². The predicted molar refractivity (Wildman–Crippen MR) is 24.2 cm³/mol. The highest BCUT2D eigenvalue weighted by Gasteiger charge is 1.74. The van der Waals surface area contributed by atoms with E-state index in [9.17, 15) is 0 Å². The van der Waals surface area contributed by atoms with Crippen LogP contribution in [-0.4, -0.2) is 4.29 Å². The first-order valence-electron chi connectivity index (χ1n) is 1.01. The first kappa shape index (κ1) is 4.77. The van der Waals surface area contributed by atoms with Crippen LogP contribution in [0.25, 0.3) is 0 Å². The molecule has 0 rings (SSSR count). The van der Waals surface area contributed by atoms with Crippen LogP contribution in [0.15, 0.2) is 0 Å². The second-order valence-electron chi connectivity index (χ2n) is 0.519. The molecule has 0 nitrogen and oxygen atoms in total. The van der Waals surface area contributed by atoms with E-state index in [0.29, 0.717) is 0 Å². The van der Waals surface area contributed by atoms with E-state index in [-0.39, 0.29) is 4.29 Å². The molecule has 0 amide bonds. The number of rotatable bonds is 0. The maximum atomic E-state index is 5.19. The molecule has 0 aromatic carbocycles. The highest BCUT2D eigenvalue weighted by atomic mass is 79.9. The lowest BCUT2D eigenvalue weighted by atomic mass is 11.0. The minimum atomic E-state index is 0.118. The van der Waals surface area contributed by atoms with E-state index in [1.165, 1.54) is 0 Å². The Hall–Kier alpha value is 0.770. The zero-order valence-corrected chi connectivity index (χ0v) is 4.68.